The minimum Gasteiger partial charge on any atom is -0.335 e. The first-order valence-corrected chi connectivity index (χ1v) is 10.7. The van der Waals surface area contributed by atoms with Crippen molar-refractivity contribution < 1.29 is 14.0 Å². The van der Waals surface area contributed by atoms with Crippen molar-refractivity contribution >= 4 is 17.5 Å². The van der Waals surface area contributed by atoms with E-state index in [1.807, 2.05) is 49.1 Å². The first-order chi connectivity index (χ1) is 14.9. The molecule has 0 saturated carbocycles. The second-order valence-electron chi connectivity index (χ2n) is 8.21. The molecule has 1 fully saturated rings. The van der Waals surface area contributed by atoms with Gasteiger partial charge in [0.2, 0.25) is 11.8 Å². The number of anilines is 1. The number of benzene rings is 2. The number of halogens is 1. The summed E-state index contributed by atoms with van der Waals surface area (Å²) in [5.74, 6) is -0.418. The predicted molar refractivity (Wildman–Crippen MR) is 120 cm³/mol. The van der Waals surface area contributed by atoms with Crippen LogP contribution in [-0.4, -0.2) is 71.8 Å². The summed E-state index contributed by atoms with van der Waals surface area (Å²) in [4.78, 5) is 31.3. The third-order valence-corrected chi connectivity index (χ3v) is 5.44. The van der Waals surface area contributed by atoms with Gasteiger partial charge in [-0.1, -0.05) is 36.4 Å². The third kappa shape index (κ3) is 7.15. The van der Waals surface area contributed by atoms with Crippen LogP contribution in [0.4, 0.5) is 10.1 Å². The van der Waals surface area contributed by atoms with Gasteiger partial charge < -0.3 is 10.2 Å². The second-order valence-corrected chi connectivity index (χ2v) is 8.21. The average molecular weight is 427 g/mol. The Hall–Kier alpha value is -2.77. The van der Waals surface area contributed by atoms with E-state index in [9.17, 15) is 14.0 Å². The summed E-state index contributed by atoms with van der Waals surface area (Å²) in [6.07, 6.45) is 0. The maximum absolute atomic E-state index is 13.3. The summed E-state index contributed by atoms with van der Waals surface area (Å²) in [5.41, 5.74) is 1.58. The summed E-state index contributed by atoms with van der Waals surface area (Å²) in [5, 5.41) is 2.73. The lowest BCUT2D eigenvalue weighted by Gasteiger charge is -2.36. The maximum atomic E-state index is 13.3. The average Bonchev–Trinajstić information content (AvgIpc) is 2.74. The van der Waals surface area contributed by atoms with Crippen LogP contribution in [0.3, 0.4) is 0 Å². The van der Waals surface area contributed by atoms with Crippen LogP contribution in [0.1, 0.15) is 19.4 Å². The molecule has 2 aromatic rings. The Balaban J connectivity index is 1.44. The zero-order chi connectivity index (χ0) is 22.2. The molecule has 2 aromatic carbocycles. The van der Waals surface area contributed by atoms with E-state index in [-0.39, 0.29) is 30.2 Å². The molecule has 1 aliphatic rings. The van der Waals surface area contributed by atoms with Crippen molar-refractivity contribution in [1.82, 2.24) is 14.7 Å². The summed E-state index contributed by atoms with van der Waals surface area (Å²) in [6, 6.07) is 16.0. The molecule has 2 amide bonds. The highest BCUT2D eigenvalue weighted by Gasteiger charge is 2.24. The van der Waals surface area contributed by atoms with Crippen LogP contribution in [0.25, 0.3) is 0 Å². The lowest BCUT2D eigenvalue weighted by atomic mass is 10.2. The van der Waals surface area contributed by atoms with Gasteiger partial charge in [0.1, 0.15) is 5.82 Å². The Kier molecular flexibility index (Phi) is 8.14. The zero-order valence-corrected chi connectivity index (χ0v) is 18.3. The highest BCUT2D eigenvalue weighted by molar-refractivity contribution is 5.92. The van der Waals surface area contributed by atoms with Crippen molar-refractivity contribution in [3.8, 4) is 0 Å². The Morgan fingerprint density at radius 2 is 1.61 bits per heavy atom. The number of carbonyl (C=O) groups excluding carboxylic acids is 2. The van der Waals surface area contributed by atoms with Gasteiger partial charge in [0, 0.05) is 44.5 Å². The summed E-state index contributed by atoms with van der Waals surface area (Å²) in [7, 11) is 0. The largest absolute Gasteiger partial charge is 0.335 e. The van der Waals surface area contributed by atoms with Gasteiger partial charge in [0.25, 0.3) is 0 Å². The van der Waals surface area contributed by atoms with Crippen LogP contribution < -0.4 is 5.32 Å². The number of amides is 2. The number of piperazine rings is 1. The van der Waals surface area contributed by atoms with E-state index >= 15 is 0 Å². The van der Waals surface area contributed by atoms with Crippen LogP contribution in [0.2, 0.25) is 0 Å². The summed E-state index contributed by atoms with van der Waals surface area (Å²) in [6.45, 7) is 8.21. The van der Waals surface area contributed by atoms with Crippen LogP contribution in [0, 0.1) is 5.82 Å². The lowest BCUT2D eigenvalue weighted by molar-refractivity contribution is -0.135. The maximum Gasteiger partial charge on any atom is 0.238 e. The standard InChI is InChI=1S/C24H31FN4O2/c1-19(2)29(16-20-7-4-3-5-8-20)24(31)18-28-13-11-27(12-14-28)17-23(30)26-22-10-6-9-21(25)15-22/h3-10,15,19H,11-14,16-18H2,1-2H3,(H,26,30). The van der Waals surface area contributed by atoms with Crippen LogP contribution in [0.5, 0.6) is 0 Å². The number of carbonyl (C=O) groups is 2. The van der Waals surface area contributed by atoms with E-state index in [0.29, 0.717) is 31.9 Å². The highest BCUT2D eigenvalue weighted by atomic mass is 19.1. The molecular formula is C24H31FN4O2. The number of hydrogen-bond acceptors (Lipinski definition) is 4. The Morgan fingerprint density at radius 3 is 2.23 bits per heavy atom. The lowest BCUT2D eigenvalue weighted by Crippen LogP contribution is -2.52. The van der Waals surface area contributed by atoms with Crippen molar-refractivity contribution in [2.45, 2.75) is 26.4 Å². The topological polar surface area (TPSA) is 55.9 Å². The van der Waals surface area contributed by atoms with Crippen molar-refractivity contribution in [3.63, 3.8) is 0 Å². The smallest absolute Gasteiger partial charge is 0.238 e. The second kappa shape index (κ2) is 11.0. The molecule has 0 aromatic heterocycles. The fraction of sp³-hybridized carbons (Fsp3) is 0.417. The molecule has 1 aliphatic heterocycles. The number of nitrogens with one attached hydrogen (secondary N) is 1. The predicted octanol–water partition coefficient (Wildman–Crippen LogP) is 2.82. The first kappa shape index (κ1) is 22.9. The van der Waals surface area contributed by atoms with Crippen molar-refractivity contribution in [3.05, 3.63) is 66.0 Å². The van der Waals surface area contributed by atoms with Gasteiger partial charge in [0.15, 0.2) is 0 Å². The Morgan fingerprint density at radius 1 is 0.968 bits per heavy atom. The number of nitrogens with zero attached hydrogens (tertiary/aromatic N) is 3. The van der Waals surface area contributed by atoms with Crippen LogP contribution in [-0.2, 0) is 16.1 Å². The van der Waals surface area contributed by atoms with Gasteiger partial charge in [-0.15, -0.1) is 0 Å². The number of hydrogen-bond donors (Lipinski definition) is 1. The van der Waals surface area contributed by atoms with E-state index < -0.39 is 0 Å². The van der Waals surface area contributed by atoms with Gasteiger partial charge >= 0.3 is 0 Å². The van der Waals surface area contributed by atoms with E-state index in [2.05, 4.69) is 15.1 Å². The molecule has 0 atom stereocenters. The van der Waals surface area contributed by atoms with Gasteiger partial charge in [-0.3, -0.25) is 19.4 Å². The van der Waals surface area contributed by atoms with Gasteiger partial charge in [-0.2, -0.15) is 0 Å². The van der Waals surface area contributed by atoms with Gasteiger partial charge in [0.05, 0.1) is 13.1 Å². The minimum atomic E-state index is -0.376. The fourth-order valence-corrected chi connectivity index (χ4v) is 3.70. The Bertz CT molecular complexity index is 867. The molecule has 31 heavy (non-hydrogen) atoms. The van der Waals surface area contributed by atoms with Crippen molar-refractivity contribution in [2.24, 2.45) is 0 Å². The first-order valence-electron chi connectivity index (χ1n) is 10.7. The molecule has 0 aliphatic carbocycles. The normalized spacial score (nSPS) is 15.1. The Labute approximate surface area is 183 Å². The molecule has 6 nitrogen and oxygen atoms in total. The summed E-state index contributed by atoms with van der Waals surface area (Å²) >= 11 is 0. The molecule has 0 unspecified atom stereocenters. The zero-order valence-electron chi connectivity index (χ0n) is 18.3. The van der Waals surface area contributed by atoms with E-state index in [0.717, 1.165) is 18.7 Å². The fourth-order valence-electron chi connectivity index (χ4n) is 3.70. The van der Waals surface area contributed by atoms with Gasteiger partial charge in [-0.25, -0.2) is 4.39 Å². The van der Waals surface area contributed by atoms with Crippen LogP contribution >= 0.6 is 0 Å². The molecule has 3 rings (SSSR count). The summed E-state index contributed by atoms with van der Waals surface area (Å²) < 4.78 is 13.3. The molecule has 1 saturated heterocycles. The molecular weight excluding hydrogens is 395 g/mol. The molecule has 1 heterocycles. The van der Waals surface area contributed by atoms with Gasteiger partial charge in [-0.05, 0) is 37.6 Å². The third-order valence-electron chi connectivity index (χ3n) is 5.44. The SMILES string of the molecule is CC(C)N(Cc1ccccc1)C(=O)CN1CCN(CC(=O)Nc2cccc(F)c2)CC1. The van der Waals surface area contributed by atoms with Crippen LogP contribution in [0.15, 0.2) is 54.6 Å². The highest BCUT2D eigenvalue weighted by Crippen LogP contribution is 2.12. The monoisotopic (exact) mass is 426 g/mol. The minimum absolute atomic E-state index is 0.121. The quantitative estimate of drug-likeness (QED) is 0.705. The van der Waals surface area contributed by atoms with E-state index in [1.165, 1.54) is 12.1 Å². The van der Waals surface area contributed by atoms with E-state index in [1.54, 1.807) is 12.1 Å². The molecule has 0 radical (unpaired) electrons. The molecule has 1 N–H and O–H groups in total. The molecule has 0 spiro atoms. The molecule has 0 bridgehead atoms. The molecule has 166 valence electrons. The van der Waals surface area contributed by atoms with Crippen molar-refractivity contribution in [2.75, 3.05) is 44.6 Å². The van der Waals surface area contributed by atoms with Crippen molar-refractivity contribution in [1.29, 1.82) is 0 Å². The molecule has 7 heteroatoms. The van der Waals surface area contributed by atoms with E-state index in [4.69, 9.17) is 0 Å². The number of rotatable bonds is 8.